The predicted octanol–water partition coefficient (Wildman–Crippen LogP) is 0.461. The minimum absolute atomic E-state index is 0.407. The largest absolute Gasteiger partial charge is 0.328 e. The van der Waals surface area contributed by atoms with Crippen LogP contribution in [0.15, 0.2) is 0 Å². The van der Waals surface area contributed by atoms with E-state index in [1.807, 2.05) is 0 Å². The second-order valence-electron chi connectivity index (χ2n) is 3.21. The lowest BCUT2D eigenvalue weighted by Crippen LogP contribution is -2.39. The molecule has 1 fully saturated rings. The molecule has 0 saturated heterocycles. The van der Waals surface area contributed by atoms with E-state index < -0.39 is 0 Å². The van der Waals surface area contributed by atoms with Gasteiger partial charge in [-0.05, 0) is 25.2 Å². The van der Waals surface area contributed by atoms with Crippen LogP contribution in [0, 0.1) is 5.92 Å². The summed E-state index contributed by atoms with van der Waals surface area (Å²) in [4.78, 5) is 0. The van der Waals surface area contributed by atoms with Crippen molar-refractivity contribution in [2.24, 2.45) is 17.4 Å². The average Bonchev–Trinajstić information content (AvgIpc) is 1.80. The minimum atomic E-state index is 0.407. The van der Waals surface area contributed by atoms with Gasteiger partial charge in [0.25, 0.3) is 0 Å². The standard InChI is InChI=1S/C7H16N2/c1-5-4-6(8)2-3-7(5)9/h5-7H,2-4,8-9H2,1H3/t5-,6?,7-/m1/s1. The second-order valence-corrected chi connectivity index (χ2v) is 3.21. The summed E-state index contributed by atoms with van der Waals surface area (Å²) in [6.45, 7) is 2.18. The molecule has 1 aliphatic rings. The van der Waals surface area contributed by atoms with Crippen molar-refractivity contribution in [1.82, 2.24) is 0 Å². The van der Waals surface area contributed by atoms with Gasteiger partial charge in [0.2, 0.25) is 0 Å². The van der Waals surface area contributed by atoms with Gasteiger partial charge in [-0.1, -0.05) is 6.92 Å². The van der Waals surface area contributed by atoms with E-state index in [1.165, 1.54) is 0 Å². The Hall–Kier alpha value is -0.0800. The van der Waals surface area contributed by atoms with E-state index in [-0.39, 0.29) is 0 Å². The third-order valence-electron chi connectivity index (χ3n) is 2.28. The zero-order valence-corrected chi connectivity index (χ0v) is 6.01. The minimum Gasteiger partial charge on any atom is -0.328 e. The van der Waals surface area contributed by atoms with Crippen LogP contribution in [-0.4, -0.2) is 12.1 Å². The first kappa shape index (κ1) is 7.03. The average molecular weight is 128 g/mol. The van der Waals surface area contributed by atoms with Gasteiger partial charge < -0.3 is 11.5 Å². The van der Waals surface area contributed by atoms with E-state index in [1.54, 1.807) is 0 Å². The summed E-state index contributed by atoms with van der Waals surface area (Å²) < 4.78 is 0. The first-order chi connectivity index (χ1) is 4.20. The first-order valence-corrected chi connectivity index (χ1v) is 3.71. The van der Waals surface area contributed by atoms with Crippen LogP contribution in [0.3, 0.4) is 0 Å². The van der Waals surface area contributed by atoms with Gasteiger partial charge >= 0.3 is 0 Å². The molecule has 1 unspecified atom stereocenters. The van der Waals surface area contributed by atoms with Crippen LogP contribution in [0.1, 0.15) is 26.2 Å². The molecule has 0 aromatic rings. The second kappa shape index (κ2) is 2.67. The molecular weight excluding hydrogens is 112 g/mol. The normalized spacial score (nSPS) is 45.0. The topological polar surface area (TPSA) is 52.0 Å². The third kappa shape index (κ3) is 1.66. The van der Waals surface area contributed by atoms with Crippen LogP contribution in [0.5, 0.6) is 0 Å². The highest BCUT2D eigenvalue weighted by Gasteiger charge is 2.21. The molecule has 1 rings (SSSR count). The fourth-order valence-electron chi connectivity index (χ4n) is 1.46. The highest BCUT2D eigenvalue weighted by molar-refractivity contribution is 4.81. The summed E-state index contributed by atoms with van der Waals surface area (Å²) in [7, 11) is 0. The van der Waals surface area contributed by atoms with Crippen molar-refractivity contribution >= 4 is 0 Å². The van der Waals surface area contributed by atoms with Gasteiger partial charge in [-0.2, -0.15) is 0 Å². The Morgan fingerprint density at radius 2 is 1.89 bits per heavy atom. The summed E-state index contributed by atoms with van der Waals surface area (Å²) in [6.07, 6.45) is 3.34. The monoisotopic (exact) mass is 128 g/mol. The number of hydrogen-bond donors (Lipinski definition) is 2. The lowest BCUT2D eigenvalue weighted by atomic mass is 9.84. The molecule has 9 heavy (non-hydrogen) atoms. The molecule has 0 spiro atoms. The molecule has 1 saturated carbocycles. The maximum atomic E-state index is 5.78. The SMILES string of the molecule is C[C@@H]1CC(N)CC[C@H]1N. The summed E-state index contributed by atoms with van der Waals surface area (Å²) in [6, 6.07) is 0.824. The van der Waals surface area contributed by atoms with Crippen LogP contribution in [0.25, 0.3) is 0 Å². The molecule has 0 aromatic carbocycles. The Kier molecular flexibility index (Phi) is 2.09. The highest BCUT2D eigenvalue weighted by Crippen LogP contribution is 2.20. The Balaban J connectivity index is 2.35. The molecule has 0 radical (unpaired) electrons. The number of hydrogen-bond acceptors (Lipinski definition) is 2. The molecule has 0 aliphatic heterocycles. The molecular formula is C7H16N2. The van der Waals surface area contributed by atoms with Gasteiger partial charge in [0.15, 0.2) is 0 Å². The molecule has 0 aromatic heterocycles. The van der Waals surface area contributed by atoms with Crippen LogP contribution >= 0.6 is 0 Å². The molecule has 2 nitrogen and oxygen atoms in total. The number of nitrogens with two attached hydrogens (primary N) is 2. The van der Waals surface area contributed by atoms with Crippen molar-refractivity contribution in [3.05, 3.63) is 0 Å². The highest BCUT2D eigenvalue weighted by atomic mass is 14.7. The zero-order valence-electron chi connectivity index (χ0n) is 6.01. The van der Waals surface area contributed by atoms with Crippen LogP contribution < -0.4 is 11.5 Å². The van der Waals surface area contributed by atoms with Crippen molar-refractivity contribution in [3.63, 3.8) is 0 Å². The fraction of sp³-hybridized carbons (Fsp3) is 1.00. The van der Waals surface area contributed by atoms with E-state index in [2.05, 4.69) is 6.92 Å². The van der Waals surface area contributed by atoms with Gasteiger partial charge in [-0.15, -0.1) is 0 Å². The van der Waals surface area contributed by atoms with Crippen molar-refractivity contribution in [2.45, 2.75) is 38.3 Å². The lowest BCUT2D eigenvalue weighted by molar-refractivity contribution is 0.299. The van der Waals surface area contributed by atoms with Gasteiger partial charge in [-0.25, -0.2) is 0 Å². The van der Waals surface area contributed by atoms with E-state index in [4.69, 9.17) is 11.5 Å². The maximum absolute atomic E-state index is 5.78. The maximum Gasteiger partial charge on any atom is 0.00656 e. The first-order valence-electron chi connectivity index (χ1n) is 3.71. The number of rotatable bonds is 0. The van der Waals surface area contributed by atoms with E-state index >= 15 is 0 Å². The molecule has 54 valence electrons. The molecule has 0 heterocycles. The smallest absolute Gasteiger partial charge is 0.00656 e. The predicted molar refractivity (Wildman–Crippen MR) is 39.0 cm³/mol. The summed E-state index contributed by atoms with van der Waals surface area (Å²) >= 11 is 0. The van der Waals surface area contributed by atoms with E-state index in [0.29, 0.717) is 18.0 Å². The molecule has 3 atom stereocenters. The molecule has 4 N–H and O–H groups in total. The molecule has 0 bridgehead atoms. The van der Waals surface area contributed by atoms with Crippen LogP contribution in [-0.2, 0) is 0 Å². The van der Waals surface area contributed by atoms with E-state index in [9.17, 15) is 0 Å². The third-order valence-corrected chi connectivity index (χ3v) is 2.28. The van der Waals surface area contributed by atoms with Crippen LogP contribution in [0.2, 0.25) is 0 Å². The van der Waals surface area contributed by atoms with E-state index in [0.717, 1.165) is 19.3 Å². The Labute approximate surface area is 56.6 Å². The quantitative estimate of drug-likeness (QED) is 0.498. The zero-order chi connectivity index (χ0) is 6.85. The van der Waals surface area contributed by atoms with Crippen LogP contribution in [0.4, 0.5) is 0 Å². The summed E-state index contributed by atoms with van der Waals surface area (Å²) in [5.41, 5.74) is 11.5. The Morgan fingerprint density at radius 1 is 1.22 bits per heavy atom. The van der Waals surface area contributed by atoms with Gasteiger partial charge in [0.05, 0.1) is 0 Å². The molecule has 2 heteroatoms. The Morgan fingerprint density at radius 3 is 2.33 bits per heavy atom. The lowest BCUT2D eigenvalue weighted by Gasteiger charge is -2.29. The molecule has 0 amide bonds. The van der Waals surface area contributed by atoms with Crippen molar-refractivity contribution in [2.75, 3.05) is 0 Å². The summed E-state index contributed by atoms with van der Waals surface area (Å²) in [5, 5.41) is 0. The Bertz CT molecular complexity index is 92.9. The van der Waals surface area contributed by atoms with Gasteiger partial charge in [-0.3, -0.25) is 0 Å². The van der Waals surface area contributed by atoms with Crippen molar-refractivity contribution in [1.29, 1.82) is 0 Å². The summed E-state index contributed by atoms with van der Waals surface area (Å²) in [5.74, 6) is 0.633. The van der Waals surface area contributed by atoms with Gasteiger partial charge in [0, 0.05) is 12.1 Å². The fourth-order valence-corrected chi connectivity index (χ4v) is 1.46. The molecule has 1 aliphatic carbocycles. The van der Waals surface area contributed by atoms with Crippen molar-refractivity contribution in [3.8, 4) is 0 Å². The van der Waals surface area contributed by atoms with Gasteiger partial charge in [0.1, 0.15) is 0 Å². The van der Waals surface area contributed by atoms with Crippen molar-refractivity contribution < 1.29 is 0 Å².